The van der Waals surface area contributed by atoms with Gasteiger partial charge in [0.05, 0.1) is 5.41 Å². The summed E-state index contributed by atoms with van der Waals surface area (Å²) in [6.07, 6.45) is 0. The average molecular weight is 744 g/mol. The monoisotopic (exact) mass is 743 g/mol. The summed E-state index contributed by atoms with van der Waals surface area (Å²) in [5.41, 5.74) is 15.4. The van der Waals surface area contributed by atoms with Crippen LogP contribution in [-0.4, -0.2) is 0 Å². The highest BCUT2D eigenvalue weighted by atomic mass is 32.1. The lowest BCUT2D eigenvalue weighted by atomic mass is 9.67. The summed E-state index contributed by atoms with van der Waals surface area (Å²) in [7, 11) is 0. The van der Waals surface area contributed by atoms with Gasteiger partial charge in [0.15, 0.2) is 0 Å². The van der Waals surface area contributed by atoms with Gasteiger partial charge in [0.2, 0.25) is 0 Å². The Hall–Kier alpha value is -7.00. The topological polar surface area (TPSA) is 3.24 Å². The lowest BCUT2D eigenvalue weighted by Gasteiger charge is -2.35. The van der Waals surface area contributed by atoms with E-state index in [4.69, 9.17) is 0 Å². The summed E-state index contributed by atoms with van der Waals surface area (Å²) in [5.74, 6) is 0. The van der Waals surface area contributed by atoms with Crippen molar-refractivity contribution in [3.05, 3.63) is 247 Å². The van der Waals surface area contributed by atoms with Crippen LogP contribution in [0, 0.1) is 0 Å². The molecule has 1 aliphatic rings. The molecule has 0 spiro atoms. The molecule has 0 N–H and O–H groups in total. The maximum atomic E-state index is 2.45. The average Bonchev–Trinajstić information content (AvgIpc) is 3.82. The van der Waals surface area contributed by atoms with Crippen LogP contribution in [0.1, 0.15) is 22.3 Å². The van der Waals surface area contributed by atoms with Gasteiger partial charge >= 0.3 is 0 Å². The number of nitrogens with zero attached hydrogens (tertiary/aromatic N) is 1. The normalized spacial score (nSPS) is 12.7. The molecule has 0 saturated carbocycles. The predicted octanol–water partition coefficient (Wildman–Crippen LogP) is 15.2. The number of benzene rings is 9. The molecule has 0 fully saturated rings. The molecule has 268 valence electrons. The Balaban J connectivity index is 1.10. The number of hydrogen-bond donors (Lipinski definition) is 0. The van der Waals surface area contributed by atoms with E-state index in [-0.39, 0.29) is 0 Å². The molecule has 1 heterocycles. The van der Waals surface area contributed by atoms with Gasteiger partial charge in [0.1, 0.15) is 0 Å². The summed E-state index contributed by atoms with van der Waals surface area (Å²) < 4.78 is 2.65. The minimum atomic E-state index is -0.486. The number of thiophene rings is 1. The zero-order valence-electron chi connectivity index (χ0n) is 31.2. The number of anilines is 3. The number of rotatable bonds is 7. The van der Waals surface area contributed by atoms with Crippen LogP contribution in [0.15, 0.2) is 224 Å². The van der Waals surface area contributed by atoms with Gasteiger partial charge in [-0.25, -0.2) is 0 Å². The highest BCUT2D eigenvalue weighted by Gasteiger charge is 2.46. The van der Waals surface area contributed by atoms with E-state index in [1.165, 1.54) is 75.8 Å². The van der Waals surface area contributed by atoms with Crippen molar-refractivity contribution in [2.45, 2.75) is 5.41 Å². The first kappa shape index (κ1) is 33.3. The largest absolute Gasteiger partial charge is 0.310 e. The van der Waals surface area contributed by atoms with Crippen LogP contribution in [0.2, 0.25) is 0 Å². The van der Waals surface area contributed by atoms with Crippen molar-refractivity contribution < 1.29 is 0 Å². The van der Waals surface area contributed by atoms with Crippen LogP contribution in [0.3, 0.4) is 0 Å². The van der Waals surface area contributed by atoms with Crippen molar-refractivity contribution in [2.75, 3.05) is 4.90 Å². The van der Waals surface area contributed by atoms with Crippen molar-refractivity contribution in [3.8, 4) is 33.4 Å². The molecular formula is C55H37NS. The Morgan fingerprint density at radius 1 is 0.333 bits per heavy atom. The van der Waals surface area contributed by atoms with Gasteiger partial charge in [0.25, 0.3) is 0 Å². The second-order valence-electron chi connectivity index (χ2n) is 14.8. The zero-order valence-corrected chi connectivity index (χ0v) is 32.0. The lowest BCUT2D eigenvalue weighted by Crippen LogP contribution is -2.28. The maximum Gasteiger partial charge on any atom is 0.0714 e. The molecule has 0 atom stereocenters. The first-order valence-electron chi connectivity index (χ1n) is 19.6. The van der Waals surface area contributed by atoms with Crippen molar-refractivity contribution >= 4 is 48.6 Å². The first-order valence-corrected chi connectivity index (χ1v) is 20.4. The molecule has 10 aromatic rings. The van der Waals surface area contributed by atoms with E-state index < -0.39 is 5.41 Å². The smallest absolute Gasteiger partial charge is 0.0714 e. The van der Waals surface area contributed by atoms with E-state index in [0.29, 0.717) is 0 Å². The molecule has 0 bridgehead atoms. The third kappa shape index (κ3) is 5.37. The Morgan fingerprint density at radius 3 is 1.54 bits per heavy atom. The van der Waals surface area contributed by atoms with Gasteiger partial charge in [-0.15, -0.1) is 11.3 Å². The molecule has 0 saturated heterocycles. The van der Waals surface area contributed by atoms with Crippen LogP contribution in [0.4, 0.5) is 17.1 Å². The van der Waals surface area contributed by atoms with E-state index in [0.717, 1.165) is 17.1 Å². The summed E-state index contributed by atoms with van der Waals surface area (Å²) in [6, 6.07) is 82.4. The first-order chi connectivity index (χ1) is 28.3. The van der Waals surface area contributed by atoms with Crippen molar-refractivity contribution in [1.29, 1.82) is 0 Å². The summed E-state index contributed by atoms with van der Waals surface area (Å²) in [5, 5.41) is 2.64. The molecule has 0 radical (unpaired) electrons. The molecule has 0 amide bonds. The number of hydrogen-bond acceptors (Lipinski definition) is 2. The minimum Gasteiger partial charge on any atom is -0.310 e. The van der Waals surface area contributed by atoms with Crippen LogP contribution in [-0.2, 0) is 5.41 Å². The highest BCUT2D eigenvalue weighted by molar-refractivity contribution is 7.26. The summed E-state index contributed by atoms with van der Waals surface area (Å²) in [4.78, 5) is 2.42. The molecule has 0 aliphatic heterocycles. The van der Waals surface area contributed by atoms with Crippen LogP contribution >= 0.6 is 11.3 Å². The van der Waals surface area contributed by atoms with Gasteiger partial charge in [-0.3, -0.25) is 0 Å². The van der Waals surface area contributed by atoms with Crippen molar-refractivity contribution in [3.63, 3.8) is 0 Å². The van der Waals surface area contributed by atoms with Gasteiger partial charge in [-0.2, -0.15) is 0 Å². The fraction of sp³-hybridized carbons (Fsp3) is 0.0182. The molecule has 1 aromatic heterocycles. The van der Waals surface area contributed by atoms with E-state index in [2.05, 4.69) is 229 Å². The number of fused-ring (bicyclic) bond motifs is 6. The third-order valence-electron chi connectivity index (χ3n) is 11.8. The Bertz CT molecular complexity index is 3000. The lowest BCUT2D eigenvalue weighted by molar-refractivity contribution is 0.768. The van der Waals surface area contributed by atoms with E-state index in [9.17, 15) is 0 Å². The van der Waals surface area contributed by atoms with E-state index in [1.54, 1.807) is 0 Å². The molecule has 1 aliphatic carbocycles. The summed E-state index contributed by atoms with van der Waals surface area (Å²) in [6.45, 7) is 0. The van der Waals surface area contributed by atoms with E-state index in [1.807, 2.05) is 11.3 Å². The predicted molar refractivity (Wildman–Crippen MR) is 242 cm³/mol. The Labute approximate surface area is 337 Å². The minimum absolute atomic E-state index is 0.486. The fourth-order valence-corrected chi connectivity index (χ4v) is 10.5. The summed E-state index contributed by atoms with van der Waals surface area (Å²) >= 11 is 1.88. The van der Waals surface area contributed by atoms with Gasteiger partial charge in [-0.05, 0) is 98.1 Å². The molecule has 0 unspecified atom stereocenters. The third-order valence-corrected chi connectivity index (χ3v) is 13.0. The second kappa shape index (κ2) is 13.6. The van der Waals surface area contributed by atoms with Crippen molar-refractivity contribution in [1.82, 2.24) is 0 Å². The molecule has 1 nitrogen and oxygen atoms in total. The quantitative estimate of drug-likeness (QED) is 0.157. The highest BCUT2D eigenvalue weighted by Crippen LogP contribution is 2.57. The molecule has 9 aromatic carbocycles. The second-order valence-corrected chi connectivity index (χ2v) is 15.9. The standard InChI is InChI=1S/C55H37NS/c1-4-15-38(16-5-1)39-27-31-43(32-28-39)56(44-33-29-40(30-34-44)46-23-14-24-50-49-22-11-13-26-53(49)57-54(46)50)45-35-36-48-47-21-10-12-25-51(47)55(52(48)37-45,41-17-6-2-7-18-41)42-19-8-3-9-20-42/h1-37H. The van der Waals surface area contributed by atoms with Crippen LogP contribution < -0.4 is 4.90 Å². The Kier molecular flexibility index (Phi) is 7.98. The van der Waals surface area contributed by atoms with Crippen molar-refractivity contribution in [2.24, 2.45) is 0 Å². The molecular weight excluding hydrogens is 707 g/mol. The van der Waals surface area contributed by atoms with Gasteiger partial charge < -0.3 is 4.90 Å². The van der Waals surface area contributed by atoms with E-state index >= 15 is 0 Å². The molecule has 57 heavy (non-hydrogen) atoms. The molecule has 2 heteroatoms. The molecule has 11 rings (SSSR count). The Morgan fingerprint density at radius 2 is 0.842 bits per heavy atom. The SMILES string of the molecule is c1ccc(-c2ccc(N(c3ccc(-c4cccc5c4sc4ccccc45)cc3)c3ccc4c(c3)C(c3ccccc3)(c3ccccc3)c3ccccc3-4)cc2)cc1. The van der Waals surface area contributed by atoms with Crippen LogP contribution in [0.25, 0.3) is 53.6 Å². The van der Waals surface area contributed by atoms with Gasteiger partial charge in [-0.1, -0.05) is 182 Å². The van der Waals surface area contributed by atoms with Gasteiger partial charge in [0, 0.05) is 37.2 Å². The fourth-order valence-electron chi connectivity index (χ4n) is 9.22. The zero-order chi connectivity index (χ0) is 37.8. The maximum absolute atomic E-state index is 2.45. The van der Waals surface area contributed by atoms with Crippen LogP contribution in [0.5, 0.6) is 0 Å².